The lowest BCUT2D eigenvalue weighted by Crippen LogP contribution is -2.28. The molecule has 6 heteroatoms. The fourth-order valence-electron chi connectivity index (χ4n) is 2.70. The normalized spacial score (nSPS) is 21.6. The number of hydrogen-bond acceptors (Lipinski definition) is 5. The van der Waals surface area contributed by atoms with Crippen molar-refractivity contribution in [3.63, 3.8) is 0 Å². The van der Waals surface area contributed by atoms with Crippen LogP contribution in [-0.2, 0) is 4.79 Å². The third-order valence-corrected chi connectivity index (χ3v) is 5.31. The van der Waals surface area contributed by atoms with E-state index in [1.54, 1.807) is 12.0 Å². The van der Waals surface area contributed by atoms with E-state index in [4.69, 9.17) is 21.7 Å². The second-order valence-electron chi connectivity index (χ2n) is 5.62. The number of rotatable bonds is 4. The minimum absolute atomic E-state index is 0.0172. The van der Waals surface area contributed by atoms with Crippen molar-refractivity contribution in [2.24, 2.45) is 0 Å². The van der Waals surface area contributed by atoms with Crippen molar-refractivity contribution >= 4 is 40.3 Å². The number of carbonyl (C=O) groups excluding carboxylic acids is 1. The summed E-state index contributed by atoms with van der Waals surface area (Å²) in [5.74, 6) is 1.43. The van der Waals surface area contributed by atoms with Gasteiger partial charge in [-0.3, -0.25) is 9.69 Å². The van der Waals surface area contributed by atoms with Crippen LogP contribution in [0, 0.1) is 0 Å². The molecule has 1 amide bonds. The number of ether oxygens (including phenoxy) is 2. The van der Waals surface area contributed by atoms with Gasteiger partial charge in [0.2, 0.25) is 0 Å². The molecule has 3 rings (SSSR count). The van der Waals surface area contributed by atoms with Gasteiger partial charge in [-0.05, 0) is 37.1 Å². The van der Waals surface area contributed by atoms with Crippen LogP contribution in [0.15, 0.2) is 34.8 Å². The molecule has 1 saturated heterocycles. The molecule has 0 radical (unpaired) electrons. The van der Waals surface area contributed by atoms with Gasteiger partial charge < -0.3 is 9.47 Å². The van der Waals surface area contributed by atoms with Gasteiger partial charge >= 0.3 is 0 Å². The Morgan fingerprint density at radius 1 is 1.46 bits per heavy atom. The van der Waals surface area contributed by atoms with E-state index in [0.717, 1.165) is 23.3 Å². The molecule has 0 aliphatic carbocycles. The fourth-order valence-corrected chi connectivity index (χ4v) is 4.01. The highest BCUT2D eigenvalue weighted by Crippen LogP contribution is 2.39. The fraction of sp³-hybridized carbons (Fsp3) is 0.333. The van der Waals surface area contributed by atoms with Crippen LogP contribution in [-0.4, -0.2) is 34.9 Å². The highest BCUT2D eigenvalue weighted by atomic mass is 32.2. The smallest absolute Gasteiger partial charge is 0.266 e. The minimum Gasteiger partial charge on any atom is -0.493 e. The number of nitrogens with zero attached hydrogens (tertiary/aromatic N) is 1. The number of methoxy groups -OCH3 is 1. The number of hydrogen-bond donors (Lipinski definition) is 0. The van der Waals surface area contributed by atoms with Gasteiger partial charge in [-0.2, -0.15) is 0 Å². The zero-order chi connectivity index (χ0) is 17.3. The molecule has 0 saturated carbocycles. The van der Waals surface area contributed by atoms with Crippen molar-refractivity contribution in [2.45, 2.75) is 26.4 Å². The van der Waals surface area contributed by atoms with Crippen molar-refractivity contribution in [1.29, 1.82) is 0 Å². The highest BCUT2D eigenvalue weighted by Gasteiger charge is 2.32. The van der Waals surface area contributed by atoms with E-state index < -0.39 is 0 Å². The maximum atomic E-state index is 12.5. The average molecular weight is 361 g/mol. The lowest BCUT2D eigenvalue weighted by atomic mass is 10.0. The Balaban J connectivity index is 1.94. The van der Waals surface area contributed by atoms with Crippen LogP contribution >= 0.6 is 24.0 Å². The van der Waals surface area contributed by atoms with Crippen molar-refractivity contribution in [2.75, 3.05) is 13.7 Å². The summed E-state index contributed by atoms with van der Waals surface area (Å²) in [7, 11) is 1.63. The second kappa shape index (κ2) is 6.99. The van der Waals surface area contributed by atoms with Crippen molar-refractivity contribution < 1.29 is 14.3 Å². The van der Waals surface area contributed by atoms with Crippen LogP contribution in [0.2, 0.25) is 0 Å². The van der Waals surface area contributed by atoms with Crippen molar-refractivity contribution in [1.82, 2.24) is 4.90 Å². The molecule has 1 aromatic carbocycles. The number of fused-ring (bicyclic) bond motifs is 1. The van der Waals surface area contributed by atoms with Crippen LogP contribution in [0.1, 0.15) is 25.8 Å². The highest BCUT2D eigenvalue weighted by molar-refractivity contribution is 8.26. The number of thioether (sulfide) groups is 1. The van der Waals surface area contributed by atoms with Crippen LogP contribution in [0.25, 0.3) is 6.08 Å². The molecule has 24 heavy (non-hydrogen) atoms. The van der Waals surface area contributed by atoms with E-state index >= 15 is 0 Å². The van der Waals surface area contributed by atoms with E-state index in [9.17, 15) is 4.79 Å². The van der Waals surface area contributed by atoms with Gasteiger partial charge in [-0.1, -0.05) is 43.0 Å². The largest absolute Gasteiger partial charge is 0.493 e. The molecule has 0 bridgehead atoms. The summed E-state index contributed by atoms with van der Waals surface area (Å²) in [5.41, 5.74) is 1.90. The molecule has 0 spiro atoms. The van der Waals surface area contributed by atoms with Gasteiger partial charge in [-0.15, -0.1) is 0 Å². The van der Waals surface area contributed by atoms with Crippen LogP contribution in [0.4, 0.5) is 0 Å². The van der Waals surface area contributed by atoms with Gasteiger partial charge in [0.25, 0.3) is 5.91 Å². The molecule has 0 aromatic heterocycles. The standard InChI is InChI=1S/C18H19NO3S2/c1-4-8-19-17(20)15(24-18(19)23)10-13-9-12-6-5-7-14(21-3)16(12)22-11(13)2/h5-7,9-11H,4,8H2,1-3H3/b15-10-. The van der Waals surface area contributed by atoms with Crippen LogP contribution in [0.3, 0.4) is 0 Å². The Bertz CT molecular complexity index is 755. The topological polar surface area (TPSA) is 38.8 Å². The van der Waals surface area contributed by atoms with E-state index in [1.807, 2.05) is 44.2 Å². The average Bonchev–Trinajstić information content (AvgIpc) is 2.83. The maximum absolute atomic E-state index is 12.5. The monoisotopic (exact) mass is 361 g/mol. The van der Waals surface area contributed by atoms with Gasteiger partial charge in [0.15, 0.2) is 11.5 Å². The first-order valence-corrected chi connectivity index (χ1v) is 9.08. The first kappa shape index (κ1) is 17.0. The van der Waals surface area contributed by atoms with Crippen LogP contribution in [0.5, 0.6) is 11.5 Å². The molecule has 1 unspecified atom stereocenters. The van der Waals surface area contributed by atoms with Gasteiger partial charge in [0.05, 0.1) is 12.0 Å². The predicted molar refractivity (Wildman–Crippen MR) is 101 cm³/mol. The Morgan fingerprint density at radius 2 is 2.25 bits per heavy atom. The van der Waals surface area contributed by atoms with Crippen LogP contribution < -0.4 is 9.47 Å². The Hall–Kier alpha value is -1.79. The van der Waals surface area contributed by atoms with Crippen molar-refractivity contribution in [3.05, 3.63) is 40.3 Å². The summed E-state index contributed by atoms with van der Waals surface area (Å²) in [4.78, 5) is 14.8. The summed E-state index contributed by atoms with van der Waals surface area (Å²) in [6.07, 6.45) is 4.65. The number of benzene rings is 1. The van der Waals surface area contributed by atoms with Gasteiger partial charge in [-0.25, -0.2) is 0 Å². The van der Waals surface area contributed by atoms with Crippen molar-refractivity contribution in [3.8, 4) is 11.5 Å². The molecular formula is C18H19NO3S2. The molecule has 2 aliphatic heterocycles. The molecule has 1 atom stereocenters. The van der Waals surface area contributed by atoms with E-state index in [-0.39, 0.29) is 12.0 Å². The molecule has 0 N–H and O–H groups in total. The Morgan fingerprint density at radius 3 is 2.96 bits per heavy atom. The third kappa shape index (κ3) is 3.08. The Labute approximate surface area is 151 Å². The lowest BCUT2D eigenvalue weighted by Gasteiger charge is -2.24. The molecule has 1 fully saturated rings. The molecule has 4 nitrogen and oxygen atoms in total. The predicted octanol–water partition coefficient (Wildman–Crippen LogP) is 4.01. The lowest BCUT2D eigenvalue weighted by molar-refractivity contribution is -0.122. The number of para-hydroxylation sites is 1. The summed E-state index contributed by atoms with van der Waals surface area (Å²) >= 11 is 6.67. The number of amides is 1. The first-order valence-electron chi connectivity index (χ1n) is 7.85. The van der Waals surface area contributed by atoms with E-state index in [2.05, 4.69) is 0 Å². The molecule has 1 aromatic rings. The molecule has 126 valence electrons. The Kier molecular flexibility index (Phi) is 4.96. The zero-order valence-corrected chi connectivity index (χ0v) is 15.5. The molecule has 2 aliphatic rings. The summed E-state index contributed by atoms with van der Waals surface area (Å²) < 4.78 is 12.0. The van der Waals surface area contributed by atoms with Gasteiger partial charge in [0.1, 0.15) is 10.4 Å². The number of thiocarbonyl (C=S) groups is 1. The maximum Gasteiger partial charge on any atom is 0.266 e. The quantitative estimate of drug-likeness (QED) is 0.598. The van der Waals surface area contributed by atoms with E-state index in [0.29, 0.717) is 21.5 Å². The molecular weight excluding hydrogens is 342 g/mol. The first-order chi connectivity index (χ1) is 11.5. The SMILES string of the molecule is CCCN1C(=O)/C(=C/C2=Cc3cccc(OC)c3OC2C)SC1=S. The number of carbonyl (C=O) groups is 1. The zero-order valence-electron chi connectivity index (χ0n) is 13.9. The second-order valence-corrected chi connectivity index (χ2v) is 7.29. The van der Waals surface area contributed by atoms with E-state index in [1.165, 1.54) is 11.8 Å². The van der Waals surface area contributed by atoms with Gasteiger partial charge in [0, 0.05) is 12.1 Å². The minimum atomic E-state index is -0.163. The summed E-state index contributed by atoms with van der Waals surface area (Å²) in [6, 6.07) is 5.77. The summed E-state index contributed by atoms with van der Waals surface area (Å²) in [5, 5.41) is 0. The summed E-state index contributed by atoms with van der Waals surface area (Å²) in [6.45, 7) is 4.66. The molecule has 2 heterocycles. The third-order valence-electron chi connectivity index (χ3n) is 3.93.